The maximum Gasteiger partial charge on any atom is 0.330 e. The predicted octanol–water partition coefficient (Wildman–Crippen LogP) is 0.597. The summed E-state index contributed by atoms with van der Waals surface area (Å²) in [5, 5.41) is 2.99. The van der Waals surface area contributed by atoms with Gasteiger partial charge >= 0.3 is 5.69 Å². The molecule has 1 aromatic heterocycles. The van der Waals surface area contributed by atoms with Gasteiger partial charge in [-0.25, -0.2) is 4.79 Å². The molecule has 0 amide bonds. The van der Waals surface area contributed by atoms with Crippen LogP contribution in [0.1, 0.15) is 27.7 Å². The molecule has 0 unspecified atom stereocenters. The molecule has 0 saturated heterocycles. The van der Waals surface area contributed by atoms with Crippen LogP contribution in [0, 0.1) is 5.41 Å². The Morgan fingerprint density at radius 2 is 1.94 bits per heavy atom. The third-order valence-electron chi connectivity index (χ3n) is 2.35. The fraction of sp³-hybridized carbons (Fsp3) is 0.636. The summed E-state index contributed by atoms with van der Waals surface area (Å²) in [6, 6.07) is 0. The fourth-order valence-electron chi connectivity index (χ4n) is 1.43. The van der Waals surface area contributed by atoms with Crippen LogP contribution >= 0.6 is 0 Å². The van der Waals surface area contributed by atoms with Gasteiger partial charge in [-0.15, -0.1) is 0 Å². The van der Waals surface area contributed by atoms with Crippen molar-refractivity contribution < 1.29 is 0 Å². The monoisotopic (exact) mass is 240 g/mol. The smallest absolute Gasteiger partial charge is 0.330 e. The van der Waals surface area contributed by atoms with E-state index in [4.69, 9.17) is 5.73 Å². The number of aromatic amines is 1. The minimum Gasteiger partial charge on any atom is -0.383 e. The Hall–Kier alpha value is -1.72. The van der Waals surface area contributed by atoms with Crippen LogP contribution in [-0.2, 0) is 6.54 Å². The molecule has 1 rings (SSSR count). The third kappa shape index (κ3) is 3.12. The van der Waals surface area contributed by atoms with Gasteiger partial charge in [-0.1, -0.05) is 20.8 Å². The van der Waals surface area contributed by atoms with Crippen LogP contribution in [-0.4, -0.2) is 16.1 Å². The van der Waals surface area contributed by atoms with Gasteiger partial charge in [0.25, 0.3) is 5.56 Å². The summed E-state index contributed by atoms with van der Waals surface area (Å²) in [6.45, 7) is 8.94. The van der Waals surface area contributed by atoms with Crippen molar-refractivity contribution in [1.82, 2.24) is 9.55 Å². The third-order valence-corrected chi connectivity index (χ3v) is 2.35. The van der Waals surface area contributed by atoms with Crippen molar-refractivity contribution in [2.24, 2.45) is 5.41 Å². The van der Waals surface area contributed by atoms with Gasteiger partial charge in [0.2, 0.25) is 0 Å². The molecule has 0 aliphatic carbocycles. The lowest BCUT2D eigenvalue weighted by Crippen LogP contribution is -2.35. The molecule has 0 bridgehead atoms. The first-order valence-electron chi connectivity index (χ1n) is 5.62. The summed E-state index contributed by atoms with van der Waals surface area (Å²) in [5.41, 5.74) is 5.14. The number of rotatable bonds is 3. The van der Waals surface area contributed by atoms with Crippen LogP contribution in [0.3, 0.4) is 0 Å². The van der Waals surface area contributed by atoms with Gasteiger partial charge in [0.15, 0.2) is 0 Å². The number of nitrogens with two attached hydrogens (primary N) is 1. The second kappa shape index (κ2) is 4.65. The number of nitrogen functional groups attached to an aromatic ring is 1. The van der Waals surface area contributed by atoms with E-state index in [2.05, 4.69) is 10.3 Å². The summed E-state index contributed by atoms with van der Waals surface area (Å²) >= 11 is 0. The summed E-state index contributed by atoms with van der Waals surface area (Å²) < 4.78 is 1.33. The highest BCUT2D eigenvalue weighted by Gasteiger charge is 2.15. The van der Waals surface area contributed by atoms with E-state index in [0.717, 1.165) is 0 Å². The van der Waals surface area contributed by atoms with Crippen LogP contribution in [0.4, 0.5) is 11.5 Å². The second-order valence-corrected chi connectivity index (χ2v) is 5.18. The summed E-state index contributed by atoms with van der Waals surface area (Å²) in [4.78, 5) is 25.3. The number of hydrogen-bond donors (Lipinski definition) is 3. The first-order valence-corrected chi connectivity index (χ1v) is 5.62. The molecule has 17 heavy (non-hydrogen) atoms. The van der Waals surface area contributed by atoms with E-state index in [0.29, 0.717) is 13.1 Å². The zero-order chi connectivity index (χ0) is 13.2. The Labute approximate surface area is 99.8 Å². The number of anilines is 2. The average molecular weight is 240 g/mol. The number of nitrogens with zero attached hydrogens (tertiary/aromatic N) is 1. The van der Waals surface area contributed by atoms with E-state index in [9.17, 15) is 9.59 Å². The Morgan fingerprint density at radius 3 is 2.41 bits per heavy atom. The lowest BCUT2D eigenvalue weighted by molar-refractivity contribution is 0.442. The first kappa shape index (κ1) is 13.3. The van der Waals surface area contributed by atoms with Gasteiger partial charge in [-0.05, 0) is 12.3 Å². The molecule has 0 fully saturated rings. The molecule has 1 heterocycles. The molecular weight excluding hydrogens is 220 g/mol. The van der Waals surface area contributed by atoms with E-state index in [1.807, 2.05) is 20.8 Å². The predicted molar refractivity (Wildman–Crippen MR) is 69.4 cm³/mol. The molecule has 0 atom stereocenters. The van der Waals surface area contributed by atoms with Crippen LogP contribution in [0.5, 0.6) is 0 Å². The van der Waals surface area contributed by atoms with Crippen molar-refractivity contribution in [1.29, 1.82) is 0 Å². The van der Waals surface area contributed by atoms with Crippen molar-refractivity contribution in [2.45, 2.75) is 34.2 Å². The Bertz CT molecular complexity index is 508. The largest absolute Gasteiger partial charge is 0.383 e. The zero-order valence-electron chi connectivity index (χ0n) is 10.8. The molecule has 0 aliphatic rings. The van der Waals surface area contributed by atoms with Gasteiger partial charge in [-0.3, -0.25) is 14.3 Å². The standard InChI is InChI=1S/C11H20N4O2/c1-5-15-8(12)7(9(16)14-10(15)17)13-6-11(2,3)4/h13H,5-6,12H2,1-4H3,(H,14,16,17). The lowest BCUT2D eigenvalue weighted by Gasteiger charge is -2.20. The maximum absolute atomic E-state index is 11.6. The van der Waals surface area contributed by atoms with Gasteiger partial charge < -0.3 is 11.1 Å². The molecule has 0 aromatic carbocycles. The van der Waals surface area contributed by atoms with Crippen LogP contribution < -0.4 is 22.3 Å². The first-order chi connectivity index (χ1) is 7.76. The summed E-state index contributed by atoms with van der Waals surface area (Å²) in [7, 11) is 0. The topological polar surface area (TPSA) is 92.9 Å². The Morgan fingerprint density at radius 1 is 1.35 bits per heavy atom. The number of aromatic nitrogens is 2. The average Bonchev–Trinajstić information content (AvgIpc) is 2.15. The molecule has 6 nitrogen and oxygen atoms in total. The second-order valence-electron chi connectivity index (χ2n) is 5.18. The van der Waals surface area contributed by atoms with E-state index in [1.54, 1.807) is 6.92 Å². The molecule has 6 heteroatoms. The van der Waals surface area contributed by atoms with Crippen molar-refractivity contribution in [3.63, 3.8) is 0 Å². The van der Waals surface area contributed by atoms with Crippen LogP contribution in [0.2, 0.25) is 0 Å². The molecule has 0 saturated carbocycles. The van der Waals surface area contributed by atoms with E-state index >= 15 is 0 Å². The minimum atomic E-state index is -0.476. The van der Waals surface area contributed by atoms with E-state index in [-0.39, 0.29) is 16.9 Å². The van der Waals surface area contributed by atoms with E-state index in [1.165, 1.54) is 4.57 Å². The highest BCUT2D eigenvalue weighted by molar-refractivity contribution is 5.60. The molecule has 1 aromatic rings. The quantitative estimate of drug-likeness (QED) is 0.721. The minimum absolute atomic E-state index is 0.0199. The summed E-state index contributed by atoms with van der Waals surface area (Å²) in [5.74, 6) is 0.186. The molecule has 0 aliphatic heterocycles. The van der Waals surface area contributed by atoms with Crippen molar-refractivity contribution in [3.05, 3.63) is 20.8 Å². The Kier molecular flexibility index (Phi) is 3.65. The van der Waals surface area contributed by atoms with Gasteiger partial charge in [-0.2, -0.15) is 0 Å². The van der Waals surface area contributed by atoms with Crippen molar-refractivity contribution >= 4 is 11.5 Å². The van der Waals surface area contributed by atoms with Crippen LogP contribution in [0.15, 0.2) is 9.59 Å². The maximum atomic E-state index is 11.6. The lowest BCUT2D eigenvalue weighted by atomic mass is 9.97. The highest BCUT2D eigenvalue weighted by atomic mass is 16.2. The summed E-state index contributed by atoms with van der Waals surface area (Å²) in [6.07, 6.45) is 0. The number of hydrogen-bond acceptors (Lipinski definition) is 4. The molecular formula is C11H20N4O2. The van der Waals surface area contributed by atoms with Crippen molar-refractivity contribution in [3.8, 4) is 0 Å². The number of H-pyrrole nitrogens is 1. The van der Waals surface area contributed by atoms with Crippen LogP contribution in [0.25, 0.3) is 0 Å². The molecule has 0 radical (unpaired) electrons. The van der Waals surface area contributed by atoms with Gasteiger partial charge in [0.1, 0.15) is 11.5 Å². The normalized spacial score (nSPS) is 11.5. The van der Waals surface area contributed by atoms with Gasteiger partial charge in [0, 0.05) is 13.1 Å². The highest BCUT2D eigenvalue weighted by Crippen LogP contribution is 2.16. The van der Waals surface area contributed by atoms with E-state index < -0.39 is 11.2 Å². The van der Waals surface area contributed by atoms with Crippen molar-refractivity contribution in [2.75, 3.05) is 17.6 Å². The zero-order valence-corrected chi connectivity index (χ0v) is 10.8. The number of nitrogens with one attached hydrogen (secondary N) is 2. The SMILES string of the molecule is CCn1c(N)c(NCC(C)(C)C)c(=O)[nH]c1=O. The van der Waals surface area contributed by atoms with Gasteiger partial charge in [0.05, 0.1) is 0 Å². The molecule has 0 spiro atoms. The fourth-order valence-corrected chi connectivity index (χ4v) is 1.43. The molecule has 4 N–H and O–H groups in total. The Balaban J connectivity index is 3.17. The molecule has 96 valence electrons.